The van der Waals surface area contributed by atoms with E-state index in [1.54, 1.807) is 6.20 Å². The normalized spacial score (nSPS) is 12.4. The molecule has 1 heterocycles. The molecule has 3 nitrogen and oxygen atoms in total. The van der Waals surface area contributed by atoms with Crippen molar-refractivity contribution in [2.45, 2.75) is 26.3 Å². The van der Waals surface area contributed by atoms with Crippen LogP contribution in [0.3, 0.4) is 0 Å². The van der Waals surface area contributed by atoms with Crippen LogP contribution in [0.25, 0.3) is 11.4 Å². The van der Waals surface area contributed by atoms with Gasteiger partial charge in [0.2, 0.25) is 0 Å². The highest BCUT2D eigenvalue weighted by Gasteiger charge is 2.04. The Morgan fingerprint density at radius 2 is 1.88 bits per heavy atom. The van der Waals surface area contributed by atoms with Crippen LogP contribution in [0.2, 0.25) is 0 Å². The molecule has 1 aromatic carbocycles. The van der Waals surface area contributed by atoms with Gasteiger partial charge < -0.3 is 5.73 Å². The van der Waals surface area contributed by atoms with Crippen molar-refractivity contribution in [2.24, 2.45) is 5.73 Å². The molecule has 0 radical (unpaired) electrons. The maximum Gasteiger partial charge on any atom is 0.159 e. The molecular formula is C14H17N3. The Kier molecular flexibility index (Phi) is 3.49. The van der Waals surface area contributed by atoms with Gasteiger partial charge in [0, 0.05) is 29.9 Å². The fourth-order valence-corrected chi connectivity index (χ4v) is 1.68. The summed E-state index contributed by atoms with van der Waals surface area (Å²) in [6, 6.07) is 10.3. The molecule has 0 saturated heterocycles. The second-order valence-electron chi connectivity index (χ2n) is 4.42. The highest BCUT2D eigenvalue weighted by molar-refractivity contribution is 5.55. The van der Waals surface area contributed by atoms with Gasteiger partial charge in [0.1, 0.15) is 0 Å². The lowest BCUT2D eigenvalue weighted by molar-refractivity contribution is 0.720. The van der Waals surface area contributed by atoms with Crippen LogP contribution < -0.4 is 5.73 Å². The van der Waals surface area contributed by atoms with Crippen LogP contribution in [0.5, 0.6) is 0 Å². The van der Waals surface area contributed by atoms with E-state index in [1.165, 1.54) is 5.56 Å². The van der Waals surface area contributed by atoms with E-state index in [4.69, 9.17) is 5.73 Å². The van der Waals surface area contributed by atoms with Gasteiger partial charge in [0.05, 0.1) is 0 Å². The fourth-order valence-electron chi connectivity index (χ4n) is 1.68. The topological polar surface area (TPSA) is 51.8 Å². The van der Waals surface area contributed by atoms with E-state index >= 15 is 0 Å². The van der Waals surface area contributed by atoms with Crippen molar-refractivity contribution in [1.29, 1.82) is 0 Å². The molecule has 88 valence electrons. The Bertz CT molecular complexity index is 489. The van der Waals surface area contributed by atoms with E-state index in [-0.39, 0.29) is 6.04 Å². The molecule has 1 aromatic heterocycles. The smallest absolute Gasteiger partial charge is 0.159 e. The van der Waals surface area contributed by atoms with Crippen molar-refractivity contribution < 1.29 is 0 Å². The zero-order chi connectivity index (χ0) is 12.3. The number of aromatic nitrogens is 2. The molecule has 2 rings (SSSR count). The van der Waals surface area contributed by atoms with Crippen LogP contribution in [0, 0.1) is 6.92 Å². The van der Waals surface area contributed by atoms with Crippen LogP contribution in [0.4, 0.5) is 0 Å². The quantitative estimate of drug-likeness (QED) is 0.875. The van der Waals surface area contributed by atoms with Gasteiger partial charge in [-0.15, -0.1) is 0 Å². The van der Waals surface area contributed by atoms with Crippen molar-refractivity contribution >= 4 is 0 Å². The summed E-state index contributed by atoms with van der Waals surface area (Å²) >= 11 is 0. The van der Waals surface area contributed by atoms with Crippen LogP contribution in [-0.2, 0) is 6.42 Å². The molecule has 3 heteroatoms. The van der Waals surface area contributed by atoms with Gasteiger partial charge >= 0.3 is 0 Å². The first-order valence-corrected chi connectivity index (χ1v) is 5.79. The van der Waals surface area contributed by atoms with E-state index in [1.807, 2.05) is 25.1 Å². The summed E-state index contributed by atoms with van der Waals surface area (Å²) in [5.74, 6) is 0.767. The predicted octanol–water partition coefficient (Wildman–Crippen LogP) is 2.34. The SMILES string of the molecule is Cc1ccc(-c2nccc(CC(C)N)n2)cc1. The summed E-state index contributed by atoms with van der Waals surface area (Å²) in [5, 5.41) is 0. The van der Waals surface area contributed by atoms with Gasteiger partial charge in [-0.1, -0.05) is 29.8 Å². The van der Waals surface area contributed by atoms with Crippen LogP contribution in [-0.4, -0.2) is 16.0 Å². The Hall–Kier alpha value is -1.74. The Morgan fingerprint density at radius 3 is 2.53 bits per heavy atom. The second kappa shape index (κ2) is 5.06. The highest BCUT2D eigenvalue weighted by Crippen LogP contribution is 2.15. The maximum atomic E-state index is 5.77. The molecule has 0 spiro atoms. The third-order valence-electron chi connectivity index (χ3n) is 2.55. The van der Waals surface area contributed by atoms with Gasteiger partial charge in [0.25, 0.3) is 0 Å². The molecule has 0 aliphatic rings. The second-order valence-corrected chi connectivity index (χ2v) is 4.42. The van der Waals surface area contributed by atoms with E-state index in [0.29, 0.717) is 0 Å². The minimum absolute atomic E-state index is 0.121. The average Bonchev–Trinajstić information content (AvgIpc) is 2.29. The lowest BCUT2D eigenvalue weighted by atomic mass is 10.1. The third-order valence-corrected chi connectivity index (χ3v) is 2.55. The van der Waals surface area contributed by atoms with Gasteiger partial charge in [-0.05, 0) is 19.9 Å². The molecule has 0 fully saturated rings. The molecule has 2 aromatic rings. The lowest BCUT2D eigenvalue weighted by Gasteiger charge is -2.06. The molecule has 1 unspecified atom stereocenters. The monoisotopic (exact) mass is 227 g/mol. The van der Waals surface area contributed by atoms with Gasteiger partial charge in [-0.2, -0.15) is 0 Å². The van der Waals surface area contributed by atoms with Gasteiger partial charge in [0.15, 0.2) is 5.82 Å². The Balaban J connectivity index is 2.29. The summed E-state index contributed by atoms with van der Waals surface area (Å²) in [7, 11) is 0. The first kappa shape index (κ1) is 11.7. The summed E-state index contributed by atoms with van der Waals surface area (Å²) < 4.78 is 0. The summed E-state index contributed by atoms with van der Waals surface area (Å²) in [6.45, 7) is 4.05. The zero-order valence-electron chi connectivity index (χ0n) is 10.2. The Morgan fingerprint density at radius 1 is 1.18 bits per heavy atom. The number of aryl methyl sites for hydroxylation is 1. The predicted molar refractivity (Wildman–Crippen MR) is 69.6 cm³/mol. The van der Waals surface area contributed by atoms with Gasteiger partial charge in [-0.3, -0.25) is 0 Å². The largest absolute Gasteiger partial charge is 0.328 e. The fraction of sp³-hybridized carbons (Fsp3) is 0.286. The van der Waals surface area contributed by atoms with Crippen LogP contribution in [0.1, 0.15) is 18.2 Å². The van der Waals surface area contributed by atoms with Crippen LogP contribution >= 0.6 is 0 Å². The summed E-state index contributed by atoms with van der Waals surface area (Å²) in [4.78, 5) is 8.82. The third kappa shape index (κ3) is 3.11. The summed E-state index contributed by atoms with van der Waals surface area (Å²) in [6.07, 6.45) is 2.57. The standard InChI is InChI=1S/C14H17N3/c1-10-3-5-12(6-4-10)14-16-8-7-13(17-14)9-11(2)15/h3-8,11H,9,15H2,1-2H3. The number of hydrogen-bond acceptors (Lipinski definition) is 3. The number of benzene rings is 1. The molecule has 1 atom stereocenters. The Labute approximate surface area is 102 Å². The molecular weight excluding hydrogens is 210 g/mol. The summed E-state index contributed by atoms with van der Waals surface area (Å²) in [5.41, 5.74) is 9.04. The van der Waals surface area contributed by atoms with Gasteiger partial charge in [-0.25, -0.2) is 9.97 Å². The van der Waals surface area contributed by atoms with E-state index in [2.05, 4.69) is 29.0 Å². The maximum absolute atomic E-state index is 5.77. The number of nitrogens with zero attached hydrogens (tertiary/aromatic N) is 2. The molecule has 0 aliphatic carbocycles. The minimum atomic E-state index is 0.121. The molecule has 0 amide bonds. The number of rotatable bonds is 3. The van der Waals surface area contributed by atoms with Crippen molar-refractivity contribution in [3.05, 3.63) is 47.8 Å². The zero-order valence-corrected chi connectivity index (χ0v) is 10.2. The van der Waals surface area contributed by atoms with E-state index < -0.39 is 0 Å². The van der Waals surface area contributed by atoms with Crippen molar-refractivity contribution in [3.63, 3.8) is 0 Å². The first-order valence-electron chi connectivity index (χ1n) is 5.79. The van der Waals surface area contributed by atoms with E-state index in [9.17, 15) is 0 Å². The van der Waals surface area contributed by atoms with Crippen molar-refractivity contribution in [2.75, 3.05) is 0 Å². The molecule has 0 saturated carbocycles. The molecule has 17 heavy (non-hydrogen) atoms. The minimum Gasteiger partial charge on any atom is -0.328 e. The van der Waals surface area contributed by atoms with E-state index in [0.717, 1.165) is 23.5 Å². The number of nitrogens with two attached hydrogens (primary N) is 1. The highest BCUT2D eigenvalue weighted by atomic mass is 14.9. The van der Waals surface area contributed by atoms with Crippen molar-refractivity contribution in [3.8, 4) is 11.4 Å². The first-order chi connectivity index (χ1) is 8.15. The molecule has 0 aliphatic heterocycles. The van der Waals surface area contributed by atoms with Crippen molar-refractivity contribution in [1.82, 2.24) is 9.97 Å². The number of hydrogen-bond donors (Lipinski definition) is 1. The molecule has 2 N–H and O–H groups in total. The molecule has 0 bridgehead atoms. The lowest BCUT2D eigenvalue weighted by Crippen LogP contribution is -2.18. The van der Waals surface area contributed by atoms with Crippen LogP contribution in [0.15, 0.2) is 36.5 Å². The average molecular weight is 227 g/mol.